The first-order valence-corrected chi connectivity index (χ1v) is 8.11. The number of nitro groups is 1. The molecule has 2 aliphatic carbocycles. The number of hydrogen-bond acceptors (Lipinski definition) is 4. The number of fused-ring (bicyclic) bond motifs is 2. The molecule has 0 aliphatic heterocycles. The second-order valence-corrected chi connectivity index (χ2v) is 8.07. The molecule has 0 spiro atoms. The second kappa shape index (κ2) is 4.57. The van der Waals surface area contributed by atoms with Gasteiger partial charge < -0.3 is 0 Å². The third-order valence-electron chi connectivity index (χ3n) is 5.78. The minimum atomic E-state index is -0.402. The van der Waals surface area contributed by atoms with Crippen LogP contribution in [0.2, 0.25) is 0 Å². The van der Waals surface area contributed by atoms with Crippen LogP contribution in [0, 0.1) is 26.9 Å². The summed E-state index contributed by atoms with van der Waals surface area (Å²) in [4.78, 5) is 24.0. The topological polar surface area (TPSA) is 60.2 Å². The molecule has 2 bridgehead atoms. The number of carbonyl (C=O) groups excluding carboxylic acids is 1. The normalized spacial score (nSPS) is 33.4. The van der Waals surface area contributed by atoms with Crippen molar-refractivity contribution in [3.63, 3.8) is 0 Å². The molecule has 3 unspecified atom stereocenters. The Kier molecular flexibility index (Phi) is 3.17. The van der Waals surface area contributed by atoms with Crippen molar-refractivity contribution in [3.05, 3.63) is 34.4 Å². The molecule has 0 saturated heterocycles. The molecule has 21 heavy (non-hydrogen) atoms. The van der Waals surface area contributed by atoms with Crippen LogP contribution in [0.5, 0.6) is 0 Å². The largest absolute Gasteiger partial charge is 0.298 e. The smallest absolute Gasteiger partial charge is 0.269 e. The maximum Gasteiger partial charge on any atom is 0.269 e. The van der Waals surface area contributed by atoms with Crippen molar-refractivity contribution in [2.24, 2.45) is 16.7 Å². The van der Waals surface area contributed by atoms with Crippen LogP contribution in [0.25, 0.3) is 0 Å². The number of carbonyl (C=O) groups is 1. The van der Waals surface area contributed by atoms with Crippen LogP contribution in [0.3, 0.4) is 0 Å². The van der Waals surface area contributed by atoms with E-state index in [9.17, 15) is 14.9 Å². The van der Waals surface area contributed by atoms with Crippen molar-refractivity contribution in [3.8, 4) is 0 Å². The third-order valence-corrected chi connectivity index (χ3v) is 7.12. The lowest BCUT2D eigenvalue weighted by molar-refractivity contribution is -0.384. The number of nitro benzene ring substituents is 1. The van der Waals surface area contributed by atoms with Gasteiger partial charge >= 0.3 is 0 Å². The number of hydrogen-bond donors (Lipinski definition) is 0. The molecule has 0 aromatic heterocycles. The molecule has 0 amide bonds. The van der Waals surface area contributed by atoms with E-state index in [4.69, 9.17) is 0 Å². The van der Waals surface area contributed by atoms with E-state index >= 15 is 0 Å². The van der Waals surface area contributed by atoms with E-state index in [1.165, 1.54) is 12.1 Å². The Hall–Kier alpha value is -1.36. The van der Waals surface area contributed by atoms with Gasteiger partial charge in [-0.2, -0.15) is 0 Å². The highest BCUT2D eigenvalue weighted by atomic mass is 32.2. The predicted molar refractivity (Wildman–Crippen MR) is 82.4 cm³/mol. The van der Waals surface area contributed by atoms with Gasteiger partial charge in [0.2, 0.25) is 0 Å². The molecular weight excluding hydrogens is 286 g/mol. The number of nitrogens with zero attached hydrogens (tertiary/aromatic N) is 1. The Morgan fingerprint density at radius 2 is 1.86 bits per heavy atom. The van der Waals surface area contributed by atoms with Gasteiger partial charge in [-0.15, -0.1) is 11.8 Å². The molecule has 1 aromatic carbocycles. The summed E-state index contributed by atoms with van der Waals surface area (Å²) < 4.78 is 0. The van der Waals surface area contributed by atoms with Gasteiger partial charge in [-0.05, 0) is 36.3 Å². The molecule has 2 saturated carbocycles. The van der Waals surface area contributed by atoms with Gasteiger partial charge in [-0.3, -0.25) is 14.9 Å². The molecular formula is C16H19NO3S. The van der Waals surface area contributed by atoms with Crippen LogP contribution in [-0.2, 0) is 4.79 Å². The van der Waals surface area contributed by atoms with Gasteiger partial charge in [0, 0.05) is 22.4 Å². The summed E-state index contributed by atoms with van der Waals surface area (Å²) in [6, 6.07) is 6.51. The van der Waals surface area contributed by atoms with Gasteiger partial charge in [0.05, 0.1) is 10.2 Å². The van der Waals surface area contributed by atoms with Crippen LogP contribution in [-0.4, -0.2) is 16.0 Å². The molecule has 3 atom stereocenters. The van der Waals surface area contributed by atoms with E-state index < -0.39 is 4.92 Å². The van der Waals surface area contributed by atoms with Crippen LogP contribution in [0.4, 0.5) is 5.69 Å². The number of rotatable bonds is 3. The van der Waals surface area contributed by atoms with E-state index in [0.717, 1.165) is 17.7 Å². The van der Waals surface area contributed by atoms with Crippen molar-refractivity contribution < 1.29 is 9.72 Å². The highest BCUT2D eigenvalue weighted by Crippen LogP contribution is 2.66. The van der Waals surface area contributed by atoms with Crippen LogP contribution < -0.4 is 0 Å². The average molecular weight is 305 g/mol. The molecule has 2 fully saturated rings. The second-order valence-electron chi connectivity index (χ2n) is 6.85. The fourth-order valence-corrected chi connectivity index (χ4v) is 5.53. The maximum absolute atomic E-state index is 12.8. The van der Waals surface area contributed by atoms with Crippen molar-refractivity contribution in [2.75, 3.05) is 0 Å². The van der Waals surface area contributed by atoms with Gasteiger partial charge in [0.25, 0.3) is 5.69 Å². The molecule has 5 heteroatoms. The van der Waals surface area contributed by atoms with Crippen molar-refractivity contribution in [2.45, 2.75) is 43.8 Å². The summed E-state index contributed by atoms with van der Waals surface area (Å²) in [5, 5.41) is 10.7. The zero-order valence-electron chi connectivity index (χ0n) is 12.5. The monoisotopic (exact) mass is 305 g/mol. The number of non-ortho nitro benzene ring substituents is 1. The predicted octanol–water partition coefficient (Wildman–Crippen LogP) is 4.08. The summed E-state index contributed by atoms with van der Waals surface area (Å²) in [5.41, 5.74) is -0.0792. The molecule has 4 nitrogen and oxygen atoms in total. The Morgan fingerprint density at radius 1 is 1.24 bits per heavy atom. The lowest BCUT2D eigenvalue weighted by Gasteiger charge is -2.32. The molecule has 0 heterocycles. The lowest BCUT2D eigenvalue weighted by Crippen LogP contribution is -2.34. The first kappa shape index (κ1) is 14.6. The van der Waals surface area contributed by atoms with Gasteiger partial charge in [0.15, 0.2) is 5.78 Å². The highest BCUT2D eigenvalue weighted by molar-refractivity contribution is 8.00. The lowest BCUT2D eigenvalue weighted by atomic mass is 9.70. The van der Waals surface area contributed by atoms with E-state index in [0.29, 0.717) is 11.7 Å². The van der Waals surface area contributed by atoms with Crippen molar-refractivity contribution >= 4 is 23.2 Å². The molecule has 2 aliphatic rings. The fraction of sp³-hybridized carbons (Fsp3) is 0.562. The third kappa shape index (κ3) is 1.94. The van der Waals surface area contributed by atoms with Gasteiger partial charge in [0.1, 0.15) is 0 Å². The molecule has 112 valence electrons. The summed E-state index contributed by atoms with van der Waals surface area (Å²) in [6.07, 6.45) is 2.08. The Morgan fingerprint density at radius 3 is 2.33 bits per heavy atom. The van der Waals surface area contributed by atoms with E-state index in [2.05, 4.69) is 20.8 Å². The standard InChI is InChI=1S/C16H19NO3S/c1-15(2)12-8-9-16(15,3)14(18)13(12)21-11-6-4-10(5-7-11)17(19)20/h4-7,12-13H,8-9H2,1-3H3. The molecule has 0 N–H and O–H groups in total. The van der Waals surface area contributed by atoms with Crippen LogP contribution >= 0.6 is 11.8 Å². The van der Waals surface area contributed by atoms with E-state index in [1.54, 1.807) is 23.9 Å². The minimum Gasteiger partial charge on any atom is -0.298 e. The molecule has 1 aromatic rings. The Bertz CT molecular complexity index is 610. The van der Waals surface area contributed by atoms with Crippen molar-refractivity contribution in [1.29, 1.82) is 0 Å². The van der Waals surface area contributed by atoms with Crippen molar-refractivity contribution in [1.82, 2.24) is 0 Å². The van der Waals surface area contributed by atoms with Gasteiger partial charge in [-0.25, -0.2) is 0 Å². The number of Topliss-reactive ketones (excluding diaryl/α,β-unsaturated/α-hetero) is 1. The van der Waals surface area contributed by atoms with E-state index in [-0.39, 0.29) is 21.8 Å². The van der Waals surface area contributed by atoms with Crippen LogP contribution in [0.15, 0.2) is 29.2 Å². The maximum atomic E-state index is 12.8. The highest BCUT2D eigenvalue weighted by Gasteiger charge is 2.66. The summed E-state index contributed by atoms with van der Waals surface area (Å²) >= 11 is 1.57. The average Bonchev–Trinajstić information content (AvgIpc) is 2.74. The Balaban J connectivity index is 1.83. The number of thioether (sulfide) groups is 1. The van der Waals surface area contributed by atoms with Crippen LogP contribution in [0.1, 0.15) is 33.6 Å². The first-order valence-electron chi connectivity index (χ1n) is 7.23. The minimum absolute atomic E-state index is 0.0137. The fourth-order valence-electron chi connectivity index (χ4n) is 3.93. The SMILES string of the molecule is CC12CCC(C(Sc3ccc([N+](=O)[O-])cc3)C1=O)C2(C)C. The molecule has 0 radical (unpaired) electrons. The zero-order valence-corrected chi connectivity index (χ0v) is 13.3. The first-order chi connectivity index (χ1) is 9.77. The number of ketones is 1. The quantitative estimate of drug-likeness (QED) is 0.623. The Labute approximate surface area is 128 Å². The summed E-state index contributed by atoms with van der Waals surface area (Å²) in [5.74, 6) is 0.752. The van der Waals surface area contributed by atoms with E-state index in [1.807, 2.05) is 0 Å². The molecule has 3 rings (SSSR count). The zero-order chi connectivity index (χ0) is 15.4. The summed E-state index contributed by atoms with van der Waals surface area (Å²) in [7, 11) is 0. The van der Waals surface area contributed by atoms with Gasteiger partial charge in [-0.1, -0.05) is 20.8 Å². The number of benzene rings is 1. The summed E-state index contributed by atoms with van der Waals surface area (Å²) in [6.45, 7) is 6.52.